The van der Waals surface area contributed by atoms with E-state index in [1.165, 1.54) is 0 Å². The second-order valence-electron chi connectivity index (χ2n) is 4.73. The van der Waals surface area contributed by atoms with Gasteiger partial charge in [0.15, 0.2) is 6.61 Å². The number of para-hydroxylation sites is 1. The Hall–Kier alpha value is -1.88. The Labute approximate surface area is 119 Å². The molecular formula is C15H21N3O2. The Kier molecular flexibility index (Phi) is 5.12. The fraction of sp³-hybridized carbons (Fsp3) is 0.467. The molecule has 108 valence electrons. The Bertz CT molecular complexity index is 539. The van der Waals surface area contributed by atoms with Gasteiger partial charge in [-0.3, -0.25) is 0 Å². The van der Waals surface area contributed by atoms with Crippen LogP contribution in [0, 0.1) is 6.92 Å². The molecule has 5 nitrogen and oxygen atoms in total. The van der Waals surface area contributed by atoms with Gasteiger partial charge in [0.05, 0.1) is 0 Å². The van der Waals surface area contributed by atoms with Crippen molar-refractivity contribution in [2.24, 2.45) is 0 Å². The van der Waals surface area contributed by atoms with Gasteiger partial charge in [-0.2, -0.15) is 4.98 Å². The van der Waals surface area contributed by atoms with Crippen LogP contribution in [-0.4, -0.2) is 16.7 Å². The van der Waals surface area contributed by atoms with Crippen molar-refractivity contribution in [1.82, 2.24) is 15.5 Å². The summed E-state index contributed by atoms with van der Waals surface area (Å²) in [7, 11) is 0. The van der Waals surface area contributed by atoms with Gasteiger partial charge < -0.3 is 14.6 Å². The quantitative estimate of drug-likeness (QED) is 0.841. The molecule has 0 aliphatic rings. The molecule has 0 bridgehead atoms. The maximum atomic E-state index is 5.81. The number of benzene rings is 1. The van der Waals surface area contributed by atoms with Gasteiger partial charge in [-0.25, -0.2) is 0 Å². The van der Waals surface area contributed by atoms with Gasteiger partial charge in [0, 0.05) is 18.5 Å². The van der Waals surface area contributed by atoms with Gasteiger partial charge in [0.2, 0.25) is 11.7 Å². The first-order chi connectivity index (χ1) is 9.70. The second kappa shape index (κ2) is 7.05. The molecule has 1 aromatic carbocycles. The van der Waals surface area contributed by atoms with E-state index in [1.807, 2.05) is 18.2 Å². The van der Waals surface area contributed by atoms with Crippen LogP contribution in [0.5, 0.6) is 5.75 Å². The smallest absolute Gasteiger partial charge is 0.223 e. The van der Waals surface area contributed by atoms with Gasteiger partial charge >= 0.3 is 0 Å². The highest BCUT2D eigenvalue weighted by Crippen LogP contribution is 2.25. The molecule has 1 heterocycles. The van der Waals surface area contributed by atoms with Crippen LogP contribution in [-0.2, 0) is 6.61 Å². The molecule has 0 fully saturated rings. The summed E-state index contributed by atoms with van der Waals surface area (Å²) in [6.07, 6.45) is 1.11. The molecule has 2 rings (SSSR count). The molecule has 1 N–H and O–H groups in total. The van der Waals surface area contributed by atoms with Crippen molar-refractivity contribution in [2.45, 2.75) is 39.8 Å². The molecule has 2 aromatic rings. The van der Waals surface area contributed by atoms with Crippen LogP contribution in [0.1, 0.15) is 43.6 Å². The van der Waals surface area contributed by atoms with Crippen LogP contribution < -0.4 is 10.1 Å². The highest BCUT2D eigenvalue weighted by Gasteiger charge is 2.11. The monoisotopic (exact) mass is 275 g/mol. The largest absolute Gasteiger partial charge is 0.485 e. The van der Waals surface area contributed by atoms with Crippen LogP contribution in [0.15, 0.2) is 28.8 Å². The summed E-state index contributed by atoms with van der Waals surface area (Å²) < 4.78 is 10.7. The number of nitrogens with one attached hydrogen (secondary N) is 1. The molecule has 1 unspecified atom stereocenters. The summed E-state index contributed by atoms with van der Waals surface area (Å²) in [5.41, 5.74) is 1.14. The summed E-state index contributed by atoms with van der Waals surface area (Å²) in [5, 5.41) is 7.29. The second-order valence-corrected chi connectivity index (χ2v) is 4.73. The third-order valence-corrected chi connectivity index (χ3v) is 3.01. The zero-order valence-electron chi connectivity index (χ0n) is 12.2. The van der Waals surface area contributed by atoms with Gasteiger partial charge in [-0.1, -0.05) is 30.3 Å². The minimum atomic E-state index is 0.248. The molecule has 1 aromatic heterocycles. The van der Waals surface area contributed by atoms with Crippen molar-refractivity contribution >= 4 is 0 Å². The van der Waals surface area contributed by atoms with E-state index in [2.05, 4.69) is 35.4 Å². The highest BCUT2D eigenvalue weighted by molar-refractivity contribution is 5.35. The zero-order valence-corrected chi connectivity index (χ0v) is 12.2. The maximum absolute atomic E-state index is 5.81. The normalized spacial score (nSPS) is 12.3. The van der Waals surface area contributed by atoms with Crippen molar-refractivity contribution in [1.29, 1.82) is 0 Å². The Morgan fingerprint density at radius 1 is 1.35 bits per heavy atom. The lowest BCUT2D eigenvalue weighted by Crippen LogP contribution is -2.20. The van der Waals surface area contributed by atoms with E-state index in [1.54, 1.807) is 6.92 Å². The number of nitrogens with zero attached hydrogens (tertiary/aromatic N) is 2. The average Bonchev–Trinajstić information content (AvgIpc) is 2.88. The van der Waals surface area contributed by atoms with E-state index in [9.17, 15) is 0 Å². The van der Waals surface area contributed by atoms with E-state index in [0.717, 1.165) is 24.3 Å². The summed E-state index contributed by atoms with van der Waals surface area (Å²) in [4.78, 5) is 4.13. The Balaban J connectivity index is 2.03. The van der Waals surface area contributed by atoms with Gasteiger partial charge in [-0.05, 0) is 26.0 Å². The van der Waals surface area contributed by atoms with Crippen LogP contribution in [0.3, 0.4) is 0 Å². The number of aryl methyl sites for hydroxylation is 1. The number of hydrogen-bond acceptors (Lipinski definition) is 5. The molecule has 5 heteroatoms. The van der Waals surface area contributed by atoms with Crippen LogP contribution >= 0.6 is 0 Å². The molecule has 1 atom stereocenters. The summed E-state index contributed by atoms with van der Waals surface area (Å²) in [5.74, 6) is 1.97. The summed E-state index contributed by atoms with van der Waals surface area (Å²) in [6, 6.07) is 8.27. The van der Waals surface area contributed by atoms with Crippen molar-refractivity contribution in [3.63, 3.8) is 0 Å². The number of hydrogen-bond donors (Lipinski definition) is 1. The van der Waals surface area contributed by atoms with Gasteiger partial charge in [0.1, 0.15) is 5.75 Å². The lowest BCUT2D eigenvalue weighted by atomic mass is 10.1. The van der Waals surface area contributed by atoms with Crippen molar-refractivity contribution < 1.29 is 9.26 Å². The summed E-state index contributed by atoms with van der Waals surface area (Å²) >= 11 is 0. The van der Waals surface area contributed by atoms with Crippen LogP contribution in [0.25, 0.3) is 0 Å². The SMILES string of the molecule is CCCNC(C)c1ccccc1OCc1noc(C)n1. The first-order valence-electron chi connectivity index (χ1n) is 6.95. The van der Waals surface area contributed by atoms with E-state index in [4.69, 9.17) is 9.26 Å². The molecular weight excluding hydrogens is 254 g/mol. The molecule has 0 spiro atoms. The lowest BCUT2D eigenvalue weighted by molar-refractivity contribution is 0.280. The van der Waals surface area contributed by atoms with E-state index in [0.29, 0.717) is 18.3 Å². The van der Waals surface area contributed by atoms with Gasteiger partial charge in [-0.15, -0.1) is 0 Å². The standard InChI is InChI=1S/C15H21N3O2/c1-4-9-16-11(2)13-7-5-6-8-14(13)19-10-15-17-12(3)20-18-15/h5-8,11,16H,4,9-10H2,1-3H3. The minimum absolute atomic E-state index is 0.248. The number of rotatable bonds is 7. The first-order valence-corrected chi connectivity index (χ1v) is 6.95. The van der Waals surface area contributed by atoms with Gasteiger partial charge in [0.25, 0.3) is 0 Å². The molecule has 0 aliphatic heterocycles. The molecule has 0 aliphatic carbocycles. The Morgan fingerprint density at radius 3 is 2.85 bits per heavy atom. The Morgan fingerprint density at radius 2 is 2.15 bits per heavy atom. The van der Waals surface area contributed by atoms with Crippen LogP contribution in [0.4, 0.5) is 0 Å². The first kappa shape index (κ1) is 14.5. The third kappa shape index (κ3) is 3.81. The van der Waals surface area contributed by atoms with E-state index < -0.39 is 0 Å². The fourth-order valence-corrected chi connectivity index (χ4v) is 1.98. The lowest BCUT2D eigenvalue weighted by Gasteiger charge is -2.17. The number of ether oxygens (including phenoxy) is 1. The van der Waals surface area contributed by atoms with E-state index >= 15 is 0 Å². The van der Waals surface area contributed by atoms with Crippen LogP contribution in [0.2, 0.25) is 0 Å². The highest BCUT2D eigenvalue weighted by atomic mass is 16.5. The molecule has 0 amide bonds. The van der Waals surface area contributed by atoms with E-state index in [-0.39, 0.29) is 6.04 Å². The predicted molar refractivity (Wildman–Crippen MR) is 76.5 cm³/mol. The third-order valence-electron chi connectivity index (χ3n) is 3.01. The molecule has 0 saturated heterocycles. The fourth-order valence-electron chi connectivity index (χ4n) is 1.98. The molecule has 0 radical (unpaired) electrons. The molecule has 0 saturated carbocycles. The average molecular weight is 275 g/mol. The van der Waals surface area contributed by atoms with Crippen molar-refractivity contribution in [3.8, 4) is 5.75 Å². The predicted octanol–water partition coefficient (Wildman–Crippen LogP) is 3.02. The van der Waals surface area contributed by atoms with Crippen molar-refractivity contribution in [2.75, 3.05) is 6.54 Å². The summed E-state index contributed by atoms with van der Waals surface area (Å²) in [6.45, 7) is 7.35. The topological polar surface area (TPSA) is 60.2 Å². The van der Waals surface area contributed by atoms with Crippen molar-refractivity contribution in [3.05, 3.63) is 41.5 Å². The molecule has 20 heavy (non-hydrogen) atoms. The minimum Gasteiger partial charge on any atom is -0.485 e. The zero-order chi connectivity index (χ0) is 14.4. The maximum Gasteiger partial charge on any atom is 0.223 e. The number of aromatic nitrogens is 2.